The molecule has 1 aliphatic heterocycles. The van der Waals surface area contributed by atoms with Gasteiger partial charge < -0.3 is 10.5 Å². The van der Waals surface area contributed by atoms with E-state index >= 15 is 0 Å². The molecule has 1 aromatic carbocycles. The minimum absolute atomic E-state index is 0.294. The van der Waals surface area contributed by atoms with E-state index in [0.29, 0.717) is 12.0 Å². The average Bonchev–Trinajstić information content (AvgIpc) is 2.58. The van der Waals surface area contributed by atoms with E-state index in [1.807, 2.05) is 12.1 Å². The van der Waals surface area contributed by atoms with Crippen molar-refractivity contribution in [3.05, 3.63) is 29.8 Å². The van der Waals surface area contributed by atoms with Gasteiger partial charge in [0.2, 0.25) is 0 Å². The third kappa shape index (κ3) is 1.90. The van der Waals surface area contributed by atoms with Gasteiger partial charge in [-0.3, -0.25) is 0 Å². The van der Waals surface area contributed by atoms with Crippen molar-refractivity contribution in [1.82, 2.24) is 0 Å². The summed E-state index contributed by atoms with van der Waals surface area (Å²) in [7, 11) is 0. The summed E-state index contributed by atoms with van der Waals surface area (Å²) in [5, 5.41) is 0. The third-order valence-electron chi connectivity index (χ3n) is 2.77. The van der Waals surface area contributed by atoms with Crippen LogP contribution in [-0.2, 0) is 0 Å². The average molecular weight is 191 g/mol. The number of hydrogen-bond donors (Lipinski definition) is 1. The van der Waals surface area contributed by atoms with Gasteiger partial charge in [-0.2, -0.15) is 0 Å². The van der Waals surface area contributed by atoms with Crippen LogP contribution >= 0.6 is 0 Å². The van der Waals surface area contributed by atoms with E-state index in [9.17, 15) is 0 Å². The first-order chi connectivity index (χ1) is 6.77. The lowest BCUT2D eigenvalue weighted by atomic mass is 9.95. The van der Waals surface area contributed by atoms with Crippen molar-refractivity contribution < 1.29 is 4.74 Å². The van der Waals surface area contributed by atoms with Gasteiger partial charge in [0.05, 0.1) is 6.61 Å². The molecular formula is C12H17NO. The topological polar surface area (TPSA) is 35.2 Å². The Labute approximate surface area is 85.1 Å². The Bertz CT molecular complexity index is 309. The molecule has 0 spiro atoms. The van der Waals surface area contributed by atoms with Crippen LogP contribution in [0.1, 0.15) is 31.2 Å². The van der Waals surface area contributed by atoms with Gasteiger partial charge in [-0.15, -0.1) is 0 Å². The number of fused-ring (bicyclic) bond motifs is 1. The van der Waals surface area contributed by atoms with E-state index in [4.69, 9.17) is 10.5 Å². The van der Waals surface area contributed by atoms with Gasteiger partial charge in [0.1, 0.15) is 5.75 Å². The fourth-order valence-electron chi connectivity index (χ4n) is 1.93. The molecular weight excluding hydrogens is 174 g/mol. The zero-order chi connectivity index (χ0) is 9.97. The second kappa shape index (κ2) is 4.01. The molecule has 1 aromatic rings. The van der Waals surface area contributed by atoms with Gasteiger partial charge >= 0.3 is 0 Å². The number of hydrogen-bond acceptors (Lipinski definition) is 2. The van der Waals surface area contributed by atoms with Crippen molar-refractivity contribution in [3.8, 4) is 5.75 Å². The van der Waals surface area contributed by atoms with Crippen LogP contribution in [0.5, 0.6) is 5.75 Å². The molecule has 2 atom stereocenters. The molecule has 0 radical (unpaired) electrons. The maximum Gasteiger partial charge on any atom is 0.122 e. The highest BCUT2D eigenvalue weighted by Gasteiger charge is 2.23. The zero-order valence-electron chi connectivity index (χ0n) is 8.57. The molecule has 0 saturated carbocycles. The maximum atomic E-state index is 5.75. The Kier molecular flexibility index (Phi) is 2.73. The van der Waals surface area contributed by atoms with Crippen LogP contribution in [0.15, 0.2) is 24.3 Å². The van der Waals surface area contributed by atoms with Crippen LogP contribution in [0.4, 0.5) is 0 Å². The molecule has 2 nitrogen and oxygen atoms in total. The van der Waals surface area contributed by atoms with Crippen LogP contribution in [0.3, 0.4) is 0 Å². The molecule has 76 valence electrons. The summed E-state index contributed by atoms with van der Waals surface area (Å²) in [4.78, 5) is 0. The Hall–Kier alpha value is -1.02. The van der Waals surface area contributed by atoms with Crippen molar-refractivity contribution in [2.24, 2.45) is 5.73 Å². The van der Waals surface area contributed by atoms with E-state index < -0.39 is 0 Å². The highest BCUT2D eigenvalue weighted by molar-refractivity contribution is 5.39. The van der Waals surface area contributed by atoms with Gasteiger partial charge in [-0.1, -0.05) is 18.2 Å². The van der Waals surface area contributed by atoms with E-state index in [1.165, 1.54) is 5.56 Å². The number of rotatable bonds is 3. The van der Waals surface area contributed by atoms with Gasteiger partial charge in [-0.05, 0) is 25.8 Å². The molecule has 0 saturated heterocycles. The Morgan fingerprint density at radius 2 is 2.29 bits per heavy atom. The number of nitrogens with two attached hydrogens (primary N) is 1. The normalized spacial score (nSPS) is 21.4. The van der Waals surface area contributed by atoms with E-state index in [1.54, 1.807) is 0 Å². The summed E-state index contributed by atoms with van der Waals surface area (Å²) in [6, 6.07) is 8.59. The molecule has 2 N–H and O–H groups in total. The summed E-state index contributed by atoms with van der Waals surface area (Å²) in [6.07, 6.45) is 2.21. The minimum atomic E-state index is 0.294. The predicted molar refractivity (Wildman–Crippen MR) is 57.6 cm³/mol. The first-order valence-electron chi connectivity index (χ1n) is 5.24. The fraction of sp³-hybridized carbons (Fsp3) is 0.500. The van der Waals surface area contributed by atoms with Crippen molar-refractivity contribution >= 4 is 0 Å². The minimum Gasteiger partial charge on any atom is -0.493 e. The van der Waals surface area contributed by atoms with Crippen molar-refractivity contribution in [1.29, 1.82) is 0 Å². The second-order valence-electron chi connectivity index (χ2n) is 4.10. The zero-order valence-corrected chi connectivity index (χ0v) is 8.57. The van der Waals surface area contributed by atoms with Gasteiger partial charge in [0.25, 0.3) is 0 Å². The van der Waals surface area contributed by atoms with Crippen molar-refractivity contribution in [2.45, 2.75) is 31.7 Å². The van der Waals surface area contributed by atoms with Crippen LogP contribution < -0.4 is 10.5 Å². The fourth-order valence-corrected chi connectivity index (χ4v) is 1.93. The molecule has 2 unspecified atom stereocenters. The lowest BCUT2D eigenvalue weighted by molar-refractivity contribution is 0.321. The Morgan fingerprint density at radius 3 is 3.07 bits per heavy atom. The van der Waals surface area contributed by atoms with Crippen LogP contribution in [0, 0.1) is 0 Å². The Balaban J connectivity index is 2.03. The first kappa shape index (κ1) is 9.53. The molecule has 0 fully saturated rings. The molecule has 0 amide bonds. The van der Waals surface area contributed by atoms with E-state index in [0.717, 1.165) is 25.2 Å². The van der Waals surface area contributed by atoms with Crippen LogP contribution in [0.2, 0.25) is 0 Å². The highest BCUT2D eigenvalue weighted by atomic mass is 16.5. The molecule has 0 bridgehead atoms. The standard InChI is InChI=1S/C12H17NO/c1-9(13)6-7-10-8-14-12-5-3-2-4-11(10)12/h2-5,9-10H,6-8,13H2,1H3. The molecule has 2 heteroatoms. The lowest BCUT2D eigenvalue weighted by Gasteiger charge is -2.10. The SMILES string of the molecule is CC(N)CCC1COc2ccccc21. The van der Waals surface area contributed by atoms with E-state index in [-0.39, 0.29) is 0 Å². The maximum absolute atomic E-state index is 5.75. The number of ether oxygens (including phenoxy) is 1. The van der Waals surface area contributed by atoms with Gasteiger partial charge in [0.15, 0.2) is 0 Å². The third-order valence-corrected chi connectivity index (χ3v) is 2.77. The molecule has 14 heavy (non-hydrogen) atoms. The highest BCUT2D eigenvalue weighted by Crippen LogP contribution is 2.36. The molecule has 1 heterocycles. The summed E-state index contributed by atoms with van der Waals surface area (Å²) in [5.74, 6) is 1.61. The summed E-state index contributed by atoms with van der Waals surface area (Å²) in [5.41, 5.74) is 7.10. The summed E-state index contributed by atoms with van der Waals surface area (Å²) >= 11 is 0. The molecule has 2 rings (SSSR count). The molecule has 1 aliphatic rings. The molecule has 0 aliphatic carbocycles. The monoisotopic (exact) mass is 191 g/mol. The van der Waals surface area contributed by atoms with Crippen LogP contribution in [0.25, 0.3) is 0 Å². The smallest absolute Gasteiger partial charge is 0.122 e. The Morgan fingerprint density at radius 1 is 1.50 bits per heavy atom. The van der Waals surface area contributed by atoms with Gasteiger partial charge in [-0.25, -0.2) is 0 Å². The molecule has 0 aromatic heterocycles. The van der Waals surface area contributed by atoms with Crippen molar-refractivity contribution in [2.75, 3.05) is 6.61 Å². The number of benzene rings is 1. The lowest BCUT2D eigenvalue weighted by Crippen LogP contribution is -2.16. The predicted octanol–water partition coefficient (Wildman–Crippen LogP) is 2.29. The quantitative estimate of drug-likeness (QED) is 0.795. The number of para-hydroxylation sites is 1. The second-order valence-corrected chi connectivity index (χ2v) is 4.10. The first-order valence-corrected chi connectivity index (χ1v) is 5.24. The van der Waals surface area contributed by atoms with Gasteiger partial charge in [0, 0.05) is 17.5 Å². The summed E-state index contributed by atoms with van der Waals surface area (Å²) < 4.78 is 5.60. The summed E-state index contributed by atoms with van der Waals surface area (Å²) in [6.45, 7) is 2.88. The van der Waals surface area contributed by atoms with Crippen molar-refractivity contribution in [3.63, 3.8) is 0 Å². The largest absolute Gasteiger partial charge is 0.493 e. The van der Waals surface area contributed by atoms with Crippen LogP contribution in [-0.4, -0.2) is 12.6 Å². The van der Waals surface area contributed by atoms with E-state index in [2.05, 4.69) is 19.1 Å².